The summed E-state index contributed by atoms with van der Waals surface area (Å²) < 4.78 is 0. The van der Waals surface area contributed by atoms with Crippen LogP contribution in [0.5, 0.6) is 0 Å². The van der Waals surface area contributed by atoms with Gasteiger partial charge in [0.05, 0.1) is 0 Å². The zero-order valence-corrected chi connectivity index (χ0v) is 13.7. The first-order valence-corrected chi connectivity index (χ1v) is 8.56. The third-order valence-electron chi connectivity index (χ3n) is 2.21. The Morgan fingerprint density at radius 1 is 0.952 bits per heavy atom. The summed E-state index contributed by atoms with van der Waals surface area (Å²) in [5.74, 6) is -0.960. The average Bonchev–Trinajstić information content (AvgIpc) is 2.38. The minimum absolute atomic E-state index is 0.278. The lowest BCUT2D eigenvalue weighted by Gasteiger charge is -2.17. The number of likely N-dealkylation sites (N-methyl/N-ethyl adjacent to an activating group) is 1. The number of nitrogens with one attached hydrogen (secondary N) is 3. The van der Waals surface area contributed by atoms with Crippen LogP contribution in [0.2, 0.25) is 0 Å². The lowest BCUT2D eigenvalue weighted by Crippen LogP contribution is -2.46. The van der Waals surface area contributed by atoms with E-state index in [1.54, 1.807) is 0 Å². The first-order valence-electron chi connectivity index (χ1n) is 6.07. The number of hydrogen-bond donors (Lipinski definition) is 4. The molecule has 10 heteroatoms. The van der Waals surface area contributed by atoms with Gasteiger partial charge in [0.2, 0.25) is 23.6 Å². The molecule has 5 N–H and O–H groups in total. The van der Waals surface area contributed by atoms with Crippen molar-refractivity contribution in [3.63, 3.8) is 0 Å². The van der Waals surface area contributed by atoms with Gasteiger partial charge in [0.1, 0.15) is 12.1 Å². The van der Waals surface area contributed by atoms with Crippen LogP contribution >= 0.6 is 21.6 Å². The van der Waals surface area contributed by atoms with Crippen molar-refractivity contribution in [2.45, 2.75) is 25.9 Å². The van der Waals surface area contributed by atoms with E-state index in [4.69, 9.17) is 5.73 Å². The smallest absolute Gasteiger partial charge is 0.243 e. The van der Waals surface area contributed by atoms with E-state index in [2.05, 4.69) is 16.0 Å². The van der Waals surface area contributed by atoms with Crippen molar-refractivity contribution in [1.82, 2.24) is 16.0 Å². The van der Waals surface area contributed by atoms with E-state index in [0.29, 0.717) is 5.75 Å². The lowest BCUT2D eigenvalue weighted by molar-refractivity contribution is -0.127. The fourth-order valence-corrected chi connectivity index (χ4v) is 3.62. The minimum atomic E-state index is -0.765. The van der Waals surface area contributed by atoms with Crippen molar-refractivity contribution in [1.29, 1.82) is 0 Å². The summed E-state index contributed by atoms with van der Waals surface area (Å²) in [5, 5.41) is 7.42. The Labute approximate surface area is 131 Å². The van der Waals surface area contributed by atoms with Crippen LogP contribution in [0.3, 0.4) is 0 Å². The fraction of sp³-hybridized carbons (Fsp3) is 0.636. The number of rotatable bonds is 9. The lowest BCUT2D eigenvalue weighted by atomic mass is 10.3. The van der Waals surface area contributed by atoms with Crippen molar-refractivity contribution in [3.05, 3.63) is 0 Å². The van der Waals surface area contributed by atoms with E-state index < -0.39 is 18.0 Å². The monoisotopic (exact) mass is 336 g/mol. The van der Waals surface area contributed by atoms with Crippen molar-refractivity contribution in [2.24, 2.45) is 5.73 Å². The summed E-state index contributed by atoms with van der Waals surface area (Å²) >= 11 is 0. The number of carbonyl (C=O) groups is 4. The molecule has 21 heavy (non-hydrogen) atoms. The summed E-state index contributed by atoms with van der Waals surface area (Å²) in [6.45, 7) is 2.62. The SMILES string of the molecule is CNC(=O)C(CSSCC(NC(C)=O)C(N)=O)NC(C)=O. The maximum Gasteiger partial charge on any atom is 0.243 e. The second-order valence-electron chi connectivity index (χ2n) is 4.09. The molecule has 0 aromatic heterocycles. The van der Waals surface area contributed by atoms with E-state index in [9.17, 15) is 19.2 Å². The van der Waals surface area contributed by atoms with Gasteiger partial charge in [-0.05, 0) is 0 Å². The van der Waals surface area contributed by atoms with Crippen LogP contribution in [-0.4, -0.2) is 54.3 Å². The first kappa shape index (κ1) is 19.6. The molecule has 0 aliphatic carbocycles. The van der Waals surface area contributed by atoms with Crippen molar-refractivity contribution >= 4 is 45.2 Å². The Morgan fingerprint density at radius 2 is 1.38 bits per heavy atom. The predicted molar refractivity (Wildman–Crippen MR) is 83.4 cm³/mol. The van der Waals surface area contributed by atoms with Crippen molar-refractivity contribution < 1.29 is 19.2 Å². The van der Waals surface area contributed by atoms with Gasteiger partial charge in [-0.2, -0.15) is 0 Å². The quantitative estimate of drug-likeness (QED) is 0.303. The molecule has 0 radical (unpaired) electrons. The summed E-state index contributed by atoms with van der Waals surface area (Å²) in [7, 11) is 4.07. The van der Waals surface area contributed by atoms with Gasteiger partial charge in [-0.15, -0.1) is 0 Å². The largest absolute Gasteiger partial charge is 0.368 e. The number of primary amides is 1. The molecule has 0 bridgehead atoms. The fourth-order valence-electron chi connectivity index (χ4n) is 1.28. The number of nitrogens with two attached hydrogens (primary N) is 1. The maximum atomic E-state index is 11.5. The van der Waals surface area contributed by atoms with E-state index in [1.807, 2.05) is 0 Å². The number of hydrogen-bond acceptors (Lipinski definition) is 6. The maximum absolute atomic E-state index is 11.5. The van der Waals surface area contributed by atoms with Crippen LogP contribution in [0.1, 0.15) is 13.8 Å². The molecule has 2 atom stereocenters. The zero-order valence-electron chi connectivity index (χ0n) is 12.1. The van der Waals surface area contributed by atoms with Crippen LogP contribution in [0, 0.1) is 0 Å². The molecule has 0 rings (SSSR count). The minimum Gasteiger partial charge on any atom is -0.368 e. The molecule has 0 aliphatic heterocycles. The van der Waals surface area contributed by atoms with E-state index in [0.717, 1.165) is 0 Å². The van der Waals surface area contributed by atoms with E-state index >= 15 is 0 Å². The van der Waals surface area contributed by atoms with Crippen LogP contribution in [-0.2, 0) is 19.2 Å². The summed E-state index contributed by atoms with van der Waals surface area (Å²) in [6.07, 6.45) is 0. The number of amides is 4. The van der Waals surface area contributed by atoms with Gasteiger partial charge in [-0.25, -0.2) is 0 Å². The van der Waals surface area contributed by atoms with E-state index in [-0.39, 0.29) is 23.5 Å². The molecule has 0 aliphatic rings. The number of carbonyl (C=O) groups excluding carboxylic acids is 4. The molecule has 4 amide bonds. The summed E-state index contributed by atoms with van der Waals surface area (Å²) in [4.78, 5) is 44.6. The van der Waals surface area contributed by atoms with Crippen LogP contribution < -0.4 is 21.7 Å². The molecule has 0 heterocycles. The predicted octanol–water partition coefficient (Wildman–Crippen LogP) is -1.39. The van der Waals surface area contributed by atoms with Gasteiger partial charge in [0.15, 0.2) is 0 Å². The highest BCUT2D eigenvalue weighted by atomic mass is 33.1. The van der Waals surface area contributed by atoms with Crippen molar-refractivity contribution in [3.8, 4) is 0 Å². The van der Waals surface area contributed by atoms with Crippen molar-refractivity contribution in [2.75, 3.05) is 18.6 Å². The summed E-state index contributed by atoms with van der Waals surface area (Å²) in [6, 6.07) is -1.42. The van der Waals surface area contributed by atoms with Gasteiger partial charge < -0.3 is 21.7 Å². The Bertz CT molecular complexity index is 406. The highest BCUT2D eigenvalue weighted by molar-refractivity contribution is 8.76. The summed E-state index contributed by atoms with van der Waals surface area (Å²) in [5.41, 5.74) is 5.17. The normalized spacial score (nSPS) is 12.9. The molecule has 8 nitrogen and oxygen atoms in total. The zero-order chi connectivity index (χ0) is 16.4. The molecule has 0 aromatic rings. The molecule has 0 saturated carbocycles. The molecule has 0 spiro atoms. The van der Waals surface area contributed by atoms with E-state index in [1.165, 1.54) is 42.5 Å². The Hall–Kier alpha value is -1.42. The molecule has 0 aromatic carbocycles. The first-order chi connectivity index (χ1) is 9.77. The van der Waals surface area contributed by atoms with Crippen LogP contribution in [0.15, 0.2) is 0 Å². The van der Waals surface area contributed by atoms with Gasteiger partial charge in [-0.3, -0.25) is 19.2 Å². The van der Waals surface area contributed by atoms with Gasteiger partial charge >= 0.3 is 0 Å². The Balaban J connectivity index is 4.24. The highest BCUT2D eigenvalue weighted by Crippen LogP contribution is 2.23. The molecule has 2 unspecified atom stereocenters. The molecule has 0 fully saturated rings. The topological polar surface area (TPSA) is 130 Å². The third kappa shape index (κ3) is 9.19. The third-order valence-corrected chi connectivity index (χ3v) is 4.64. The van der Waals surface area contributed by atoms with Gasteiger partial charge in [0.25, 0.3) is 0 Å². The second-order valence-corrected chi connectivity index (χ2v) is 6.64. The Kier molecular flexibility index (Phi) is 9.63. The van der Waals surface area contributed by atoms with Gasteiger partial charge in [-0.1, -0.05) is 21.6 Å². The molecular weight excluding hydrogens is 316 g/mol. The van der Waals surface area contributed by atoms with Gasteiger partial charge in [0, 0.05) is 32.4 Å². The Morgan fingerprint density at radius 3 is 1.76 bits per heavy atom. The second kappa shape index (κ2) is 10.3. The van der Waals surface area contributed by atoms with Crippen LogP contribution in [0.4, 0.5) is 0 Å². The van der Waals surface area contributed by atoms with Crippen LogP contribution in [0.25, 0.3) is 0 Å². The average molecular weight is 336 g/mol. The highest BCUT2D eigenvalue weighted by Gasteiger charge is 2.20. The standard InChI is InChI=1S/C11H20N4O4S2/c1-6(16)14-8(10(12)18)4-20-21-5-9(11(19)13-3)15-7(2)17/h8-9H,4-5H2,1-3H3,(H2,12,18)(H,13,19)(H,14,16)(H,15,17). The molecule has 120 valence electrons. The molecule has 0 saturated heterocycles. The molecular formula is C11H20N4O4S2.